The number of aryl methyl sites for hydroxylation is 1. The van der Waals surface area contributed by atoms with Gasteiger partial charge in [-0.3, -0.25) is 0 Å². The second-order valence-electron chi connectivity index (χ2n) is 4.61. The van der Waals surface area contributed by atoms with Crippen LogP contribution in [0.25, 0.3) is 0 Å². The lowest BCUT2D eigenvalue weighted by Gasteiger charge is -2.18. The van der Waals surface area contributed by atoms with Crippen LogP contribution in [0.2, 0.25) is 0 Å². The zero-order valence-corrected chi connectivity index (χ0v) is 12.8. The Morgan fingerprint density at radius 1 is 1.37 bits per heavy atom. The van der Waals surface area contributed by atoms with Gasteiger partial charge >= 0.3 is 0 Å². The molecule has 2 N–H and O–H groups in total. The van der Waals surface area contributed by atoms with Crippen LogP contribution in [0.5, 0.6) is 0 Å². The summed E-state index contributed by atoms with van der Waals surface area (Å²) in [4.78, 5) is 0. The number of sulfone groups is 1. The van der Waals surface area contributed by atoms with E-state index >= 15 is 0 Å². The highest BCUT2D eigenvalue weighted by Crippen LogP contribution is 2.18. The lowest BCUT2D eigenvalue weighted by atomic mass is 10.2. The van der Waals surface area contributed by atoms with Crippen molar-refractivity contribution in [1.29, 1.82) is 0 Å². The minimum atomic E-state index is -3.05. The molecule has 1 aromatic rings. The maximum Gasteiger partial charge on any atom is 0.171 e. The molecule has 0 radical (unpaired) electrons. The first kappa shape index (κ1) is 14.6. The summed E-state index contributed by atoms with van der Waals surface area (Å²) in [6, 6.07) is 7.38. The number of nitrogens with one attached hydrogen (secondary N) is 2. The van der Waals surface area contributed by atoms with Gasteiger partial charge in [0.1, 0.15) is 0 Å². The van der Waals surface area contributed by atoms with Gasteiger partial charge in [-0.2, -0.15) is 0 Å². The molecule has 1 aliphatic heterocycles. The number of anilines is 1. The lowest BCUT2D eigenvalue weighted by molar-refractivity contribution is 0.600. The molecule has 19 heavy (non-hydrogen) atoms. The third-order valence-corrected chi connectivity index (χ3v) is 5.59. The molecular weight excluding hydrogens is 304 g/mol. The number of rotatable bonds is 2. The molecule has 0 bridgehead atoms. The molecule has 2 rings (SSSR count). The van der Waals surface area contributed by atoms with Crippen LogP contribution in [-0.2, 0) is 9.84 Å². The highest BCUT2D eigenvalue weighted by Gasteiger charge is 2.36. The number of hydrogen-bond acceptors (Lipinski definition) is 3. The quantitative estimate of drug-likeness (QED) is 0.642. The van der Waals surface area contributed by atoms with Gasteiger partial charge in [-0.05, 0) is 30.8 Å². The Morgan fingerprint density at radius 2 is 2.05 bits per heavy atom. The van der Waals surface area contributed by atoms with Crippen LogP contribution in [-0.4, -0.2) is 36.5 Å². The van der Waals surface area contributed by atoms with E-state index in [4.69, 9.17) is 23.8 Å². The molecule has 2 unspecified atom stereocenters. The first-order chi connectivity index (χ1) is 8.87. The van der Waals surface area contributed by atoms with E-state index in [9.17, 15) is 8.42 Å². The largest absolute Gasteiger partial charge is 0.357 e. The highest BCUT2D eigenvalue weighted by molar-refractivity contribution is 7.91. The Balaban J connectivity index is 1.98. The molecule has 7 heteroatoms. The van der Waals surface area contributed by atoms with Crippen LogP contribution in [0.15, 0.2) is 24.3 Å². The standard InChI is InChI=1S/C12H15ClN2O2S2/c1-8-4-2-3-5-10(8)14-12(18)15-11-7-19(16,17)6-9(11)13/h2-5,9,11H,6-7H2,1H3,(H2,14,15,18). The average Bonchev–Trinajstić information content (AvgIpc) is 2.55. The van der Waals surface area contributed by atoms with Crippen molar-refractivity contribution in [3.63, 3.8) is 0 Å². The lowest BCUT2D eigenvalue weighted by Crippen LogP contribution is -2.42. The van der Waals surface area contributed by atoms with E-state index in [1.54, 1.807) is 0 Å². The maximum absolute atomic E-state index is 11.5. The Labute approximate surface area is 123 Å². The predicted molar refractivity (Wildman–Crippen MR) is 82.6 cm³/mol. The minimum absolute atomic E-state index is 0.000793. The van der Waals surface area contributed by atoms with Crippen molar-refractivity contribution in [1.82, 2.24) is 5.32 Å². The van der Waals surface area contributed by atoms with Crippen LogP contribution in [0.1, 0.15) is 5.56 Å². The maximum atomic E-state index is 11.5. The summed E-state index contributed by atoms with van der Waals surface area (Å²) in [5.41, 5.74) is 1.96. The Kier molecular flexibility index (Phi) is 4.32. The van der Waals surface area contributed by atoms with Crippen molar-refractivity contribution in [3.05, 3.63) is 29.8 Å². The number of thiocarbonyl (C=S) groups is 1. The molecule has 1 fully saturated rings. The number of halogens is 1. The zero-order valence-electron chi connectivity index (χ0n) is 10.4. The summed E-state index contributed by atoms with van der Waals surface area (Å²) < 4.78 is 22.9. The molecule has 0 aliphatic carbocycles. The van der Waals surface area contributed by atoms with Gasteiger partial charge in [0, 0.05) is 5.69 Å². The summed E-state index contributed by atoms with van der Waals surface area (Å²) in [6.07, 6.45) is 0. The van der Waals surface area contributed by atoms with Crippen molar-refractivity contribution in [3.8, 4) is 0 Å². The van der Waals surface area contributed by atoms with E-state index in [-0.39, 0.29) is 17.5 Å². The van der Waals surface area contributed by atoms with Gasteiger partial charge in [-0.1, -0.05) is 18.2 Å². The van der Waals surface area contributed by atoms with Crippen molar-refractivity contribution in [2.75, 3.05) is 16.8 Å². The van der Waals surface area contributed by atoms with E-state index in [1.807, 2.05) is 31.2 Å². The number of para-hydroxylation sites is 1. The number of hydrogen-bond donors (Lipinski definition) is 2. The fraction of sp³-hybridized carbons (Fsp3) is 0.417. The smallest absolute Gasteiger partial charge is 0.171 e. The van der Waals surface area contributed by atoms with Gasteiger partial charge < -0.3 is 10.6 Å². The van der Waals surface area contributed by atoms with Crippen LogP contribution in [0.4, 0.5) is 5.69 Å². The fourth-order valence-corrected chi connectivity index (χ4v) is 4.79. The number of benzene rings is 1. The van der Waals surface area contributed by atoms with Crippen molar-refractivity contribution >= 4 is 44.5 Å². The molecule has 0 spiro atoms. The molecule has 2 atom stereocenters. The van der Waals surface area contributed by atoms with Crippen molar-refractivity contribution in [2.45, 2.75) is 18.3 Å². The molecular formula is C12H15ClN2O2S2. The highest BCUT2D eigenvalue weighted by atomic mass is 35.5. The first-order valence-corrected chi connectivity index (χ1v) is 8.51. The molecule has 0 aromatic heterocycles. The van der Waals surface area contributed by atoms with Gasteiger partial charge in [0.2, 0.25) is 0 Å². The van der Waals surface area contributed by atoms with E-state index in [0.29, 0.717) is 5.11 Å². The number of alkyl halides is 1. The summed E-state index contributed by atoms with van der Waals surface area (Å²) in [6.45, 7) is 1.97. The van der Waals surface area contributed by atoms with Gasteiger partial charge in [-0.15, -0.1) is 11.6 Å². The van der Waals surface area contributed by atoms with Crippen molar-refractivity contribution in [2.24, 2.45) is 0 Å². The van der Waals surface area contributed by atoms with E-state index in [0.717, 1.165) is 11.3 Å². The summed E-state index contributed by atoms with van der Waals surface area (Å²) in [7, 11) is -3.05. The van der Waals surface area contributed by atoms with Gasteiger partial charge in [0.25, 0.3) is 0 Å². The summed E-state index contributed by atoms with van der Waals surface area (Å²) >= 11 is 11.2. The third kappa shape index (κ3) is 3.81. The Hall–Kier alpha value is -0.850. The van der Waals surface area contributed by atoms with E-state index in [1.165, 1.54) is 0 Å². The first-order valence-electron chi connectivity index (χ1n) is 5.85. The molecule has 4 nitrogen and oxygen atoms in total. The van der Waals surface area contributed by atoms with Gasteiger partial charge in [0.05, 0.1) is 22.9 Å². The third-order valence-electron chi connectivity index (χ3n) is 2.99. The van der Waals surface area contributed by atoms with Crippen LogP contribution in [0, 0.1) is 6.92 Å². The van der Waals surface area contributed by atoms with Crippen LogP contribution in [0.3, 0.4) is 0 Å². The van der Waals surface area contributed by atoms with Gasteiger partial charge in [-0.25, -0.2) is 8.42 Å². The molecule has 0 amide bonds. The molecule has 1 aliphatic rings. The average molecular weight is 319 g/mol. The second-order valence-corrected chi connectivity index (χ2v) is 7.74. The van der Waals surface area contributed by atoms with E-state index < -0.39 is 15.2 Å². The molecule has 0 saturated carbocycles. The van der Waals surface area contributed by atoms with Gasteiger partial charge in [0.15, 0.2) is 14.9 Å². The van der Waals surface area contributed by atoms with E-state index in [2.05, 4.69) is 10.6 Å². The van der Waals surface area contributed by atoms with Crippen molar-refractivity contribution < 1.29 is 8.42 Å². The molecule has 1 saturated heterocycles. The SMILES string of the molecule is Cc1ccccc1NC(=S)NC1CS(=O)(=O)CC1Cl. The summed E-state index contributed by atoms with van der Waals surface area (Å²) in [5.74, 6) is 0.0238. The fourth-order valence-electron chi connectivity index (χ4n) is 1.98. The Bertz CT molecular complexity index is 589. The zero-order chi connectivity index (χ0) is 14.0. The Morgan fingerprint density at radius 3 is 2.63 bits per heavy atom. The topological polar surface area (TPSA) is 58.2 Å². The molecule has 1 heterocycles. The summed E-state index contributed by atoms with van der Waals surface area (Å²) in [5, 5.41) is 5.97. The predicted octanol–water partition coefficient (Wildman–Crippen LogP) is 1.69. The van der Waals surface area contributed by atoms with Crippen LogP contribution >= 0.6 is 23.8 Å². The second kappa shape index (κ2) is 5.64. The monoisotopic (exact) mass is 318 g/mol. The molecule has 1 aromatic carbocycles. The normalized spacial score (nSPS) is 24.9. The van der Waals surface area contributed by atoms with Crippen LogP contribution < -0.4 is 10.6 Å². The molecule has 104 valence electrons. The minimum Gasteiger partial charge on any atom is -0.357 e.